The van der Waals surface area contributed by atoms with Crippen LogP contribution in [0.1, 0.15) is 162 Å². The summed E-state index contributed by atoms with van der Waals surface area (Å²) in [5, 5.41) is 0. The Labute approximate surface area is 667 Å². The first-order valence-corrected chi connectivity index (χ1v) is 41.5. The molecule has 0 saturated heterocycles. The van der Waals surface area contributed by atoms with Crippen LogP contribution in [0.5, 0.6) is 0 Å². The number of hydrogen-bond acceptors (Lipinski definition) is 26. The number of rotatable bonds is 84. The van der Waals surface area contributed by atoms with E-state index in [4.69, 9.17) is 114 Å². The molecule has 6 unspecified atom stereocenters. The molecule has 0 aliphatic rings. The molecular formula is C84H164O26. The van der Waals surface area contributed by atoms with E-state index in [2.05, 4.69) is 111 Å². The van der Waals surface area contributed by atoms with E-state index in [1.807, 2.05) is 0 Å². The highest BCUT2D eigenvalue weighted by Gasteiger charge is 2.27. The Bertz CT molecular complexity index is 1850. The Morgan fingerprint density at radius 3 is 0.509 bits per heavy atom. The largest absolute Gasteiger partial charge is 0.460 e. The minimum absolute atomic E-state index is 0.0178. The van der Waals surface area contributed by atoms with Crippen LogP contribution in [0.25, 0.3) is 0 Å². The predicted octanol–water partition coefficient (Wildman–Crippen LogP) is 12.1. The third kappa shape index (κ3) is 85.2. The molecule has 0 aromatic heterocycles. The summed E-state index contributed by atoms with van der Waals surface area (Å²) in [6.07, 6.45) is 11.8. The summed E-state index contributed by atoms with van der Waals surface area (Å²) in [6.45, 7) is 58.3. The molecule has 0 spiro atoms. The van der Waals surface area contributed by atoms with Crippen molar-refractivity contribution in [1.29, 1.82) is 0 Å². The first-order chi connectivity index (χ1) is 52.8. The second-order valence-corrected chi connectivity index (χ2v) is 33.0. The van der Waals surface area contributed by atoms with Crippen LogP contribution in [0.4, 0.5) is 0 Å². The summed E-state index contributed by atoms with van der Waals surface area (Å²) in [6, 6.07) is 0. The first kappa shape index (κ1) is 108. The van der Waals surface area contributed by atoms with Crippen molar-refractivity contribution in [3.05, 3.63) is 12.2 Å². The molecule has 0 saturated carbocycles. The topological polar surface area (TPSA) is 256 Å². The van der Waals surface area contributed by atoms with Gasteiger partial charge in [0.1, 0.15) is 13.2 Å². The lowest BCUT2D eigenvalue weighted by Crippen LogP contribution is -2.24. The predicted molar refractivity (Wildman–Crippen MR) is 427 cm³/mol. The monoisotopic (exact) mass is 1590 g/mol. The fourth-order valence-electron chi connectivity index (χ4n) is 12.1. The van der Waals surface area contributed by atoms with E-state index in [1.165, 1.54) is 51.4 Å². The van der Waals surface area contributed by atoms with Crippen LogP contribution in [-0.4, -0.2) is 316 Å². The molecule has 0 aliphatic carbocycles. The van der Waals surface area contributed by atoms with Crippen molar-refractivity contribution in [3.63, 3.8) is 0 Å². The van der Waals surface area contributed by atoms with Crippen LogP contribution in [0.2, 0.25) is 0 Å². The van der Waals surface area contributed by atoms with Gasteiger partial charge in [-0.2, -0.15) is 0 Å². The lowest BCUT2D eigenvalue weighted by atomic mass is 9.76. The van der Waals surface area contributed by atoms with Crippen molar-refractivity contribution >= 4 is 11.9 Å². The van der Waals surface area contributed by atoms with Crippen molar-refractivity contribution in [3.8, 4) is 0 Å². The fourth-order valence-corrected chi connectivity index (χ4v) is 12.1. The molecule has 0 radical (unpaired) electrons. The van der Waals surface area contributed by atoms with Crippen molar-refractivity contribution in [2.24, 2.45) is 57.2 Å². The Hall–Kier alpha value is -2.20. The highest BCUT2D eigenvalue weighted by molar-refractivity contribution is 5.91. The maximum atomic E-state index is 11.9. The minimum atomic E-state index is -0.691. The van der Waals surface area contributed by atoms with E-state index in [1.54, 1.807) is 0 Å². The van der Waals surface area contributed by atoms with Gasteiger partial charge in [-0.25, -0.2) is 9.59 Å². The molecule has 26 heteroatoms. The number of esters is 2. The van der Waals surface area contributed by atoms with Gasteiger partial charge in [0.2, 0.25) is 0 Å². The number of carbonyl (C=O) groups is 2. The van der Waals surface area contributed by atoms with E-state index in [0.29, 0.717) is 310 Å². The summed E-state index contributed by atoms with van der Waals surface area (Å²) < 4.78 is 134. The highest BCUT2D eigenvalue weighted by atomic mass is 16.6. The quantitative estimate of drug-likeness (QED) is 0.0311. The van der Waals surface area contributed by atoms with Crippen LogP contribution < -0.4 is 0 Å². The lowest BCUT2D eigenvalue weighted by molar-refractivity contribution is -0.142. The van der Waals surface area contributed by atoms with Gasteiger partial charge in [-0.1, -0.05) is 124 Å². The fraction of sp³-hybridized carbons (Fsp3) is 0.952. The smallest absolute Gasteiger partial charge is 0.331 e. The van der Waals surface area contributed by atoms with Gasteiger partial charge in [0.25, 0.3) is 0 Å². The van der Waals surface area contributed by atoms with E-state index in [9.17, 15) is 9.59 Å². The number of ether oxygens (including phenoxy) is 24. The van der Waals surface area contributed by atoms with E-state index >= 15 is 0 Å². The van der Waals surface area contributed by atoms with Crippen molar-refractivity contribution in [1.82, 2.24) is 0 Å². The molecule has 0 aromatic carbocycles. The second-order valence-electron chi connectivity index (χ2n) is 33.0. The molecule has 0 N–H and O–H groups in total. The summed E-state index contributed by atoms with van der Waals surface area (Å²) in [5.74, 6) is 2.43. The average molecular weight is 1590 g/mol. The summed E-state index contributed by atoms with van der Waals surface area (Å²) in [5.41, 5.74) is 1.36. The molecule has 0 rings (SSSR count). The van der Waals surface area contributed by atoms with Gasteiger partial charge in [0.15, 0.2) is 0 Å². The summed E-state index contributed by atoms with van der Waals surface area (Å²) in [7, 11) is 0. The zero-order valence-corrected chi connectivity index (χ0v) is 72.4. The van der Waals surface area contributed by atoms with Gasteiger partial charge in [-0.05, 0) is 95.7 Å². The zero-order chi connectivity index (χ0) is 81.2. The van der Waals surface area contributed by atoms with Crippen LogP contribution in [0, 0.1) is 57.2 Å². The van der Waals surface area contributed by atoms with E-state index < -0.39 is 11.9 Å². The van der Waals surface area contributed by atoms with Gasteiger partial charge in [0.05, 0.1) is 277 Å². The minimum Gasteiger partial charge on any atom is -0.460 e. The van der Waals surface area contributed by atoms with Crippen LogP contribution >= 0.6 is 0 Å². The molecule has 0 amide bonds. The molecule has 0 bridgehead atoms. The number of hydrogen-bond donors (Lipinski definition) is 0. The highest BCUT2D eigenvalue weighted by Crippen LogP contribution is 2.36. The summed E-state index contributed by atoms with van der Waals surface area (Å²) in [4.78, 5) is 23.9. The molecule has 0 heterocycles. The molecule has 110 heavy (non-hydrogen) atoms. The molecule has 0 aromatic rings. The maximum absolute atomic E-state index is 11.9. The zero-order valence-electron chi connectivity index (χ0n) is 72.4. The van der Waals surface area contributed by atoms with Crippen molar-refractivity contribution < 1.29 is 123 Å². The molecule has 6 atom stereocenters. The standard InChI is InChI=1S/C84H164O26/c1-73(67-81(5,6)7)17-19-77(75(3)69-83(11,12)13)71-107-61-59-103-53-51-99-45-43-95-37-35-91-29-27-87-23-25-89-31-33-93-39-41-97-47-49-101-55-57-105-63-65-109-79(85)21-22-80(86)110-66-64-106-58-56-102-50-48-98-42-40-94-34-32-90-26-24-88-28-30-92-36-38-96-44-46-100-52-54-104-60-62-108-72-78(76(4)70-84(14,15)16)20-18-74(2)68-82(8,9)10/h21-22,73-78H,17-20,23-72H2,1-16H3/b22-21+. The van der Waals surface area contributed by atoms with Gasteiger partial charge in [0, 0.05) is 25.4 Å². The van der Waals surface area contributed by atoms with Gasteiger partial charge >= 0.3 is 11.9 Å². The van der Waals surface area contributed by atoms with E-state index in [-0.39, 0.29) is 26.4 Å². The van der Waals surface area contributed by atoms with Crippen molar-refractivity contribution in [2.45, 2.75) is 162 Å². The Morgan fingerprint density at radius 2 is 0.355 bits per heavy atom. The Balaban J connectivity index is 3.42. The molecule has 26 nitrogen and oxygen atoms in total. The van der Waals surface area contributed by atoms with Gasteiger partial charge in [-0.3, -0.25) is 0 Å². The average Bonchev–Trinajstić information content (AvgIpc) is 0.896. The molecular weight excluding hydrogens is 1420 g/mol. The molecule has 0 aliphatic heterocycles. The van der Waals surface area contributed by atoms with Crippen LogP contribution in [-0.2, 0) is 123 Å². The maximum Gasteiger partial charge on any atom is 0.331 e. The van der Waals surface area contributed by atoms with Crippen LogP contribution in [0.3, 0.4) is 0 Å². The Morgan fingerprint density at radius 1 is 0.209 bits per heavy atom. The van der Waals surface area contributed by atoms with Crippen molar-refractivity contribution in [2.75, 3.05) is 304 Å². The van der Waals surface area contributed by atoms with E-state index in [0.717, 1.165) is 37.2 Å². The van der Waals surface area contributed by atoms with Gasteiger partial charge < -0.3 is 114 Å². The number of carbonyl (C=O) groups excluding carboxylic acids is 2. The second kappa shape index (κ2) is 75.5. The normalized spacial score (nSPS) is 14.2. The first-order valence-electron chi connectivity index (χ1n) is 41.5. The molecule has 0 fully saturated rings. The Kier molecular flexibility index (Phi) is 74.0. The third-order valence-electron chi connectivity index (χ3n) is 16.9. The summed E-state index contributed by atoms with van der Waals surface area (Å²) >= 11 is 0. The third-order valence-corrected chi connectivity index (χ3v) is 16.9. The molecule has 656 valence electrons. The van der Waals surface area contributed by atoms with Crippen LogP contribution in [0.15, 0.2) is 12.2 Å². The van der Waals surface area contributed by atoms with Gasteiger partial charge in [-0.15, -0.1) is 0 Å². The SMILES string of the molecule is CC(CCC(COCCOCCOCCOCCOCCOCCOCCOCCOCCOCCOCCOC(=O)/C=C/C(=O)OCCOCCOCCOCCOCCOCCOCCOCCOCCOCCOCCOCC(CCC(C)CC(C)(C)C)C(C)CC(C)(C)C)C(C)CC(C)(C)C)CC(C)(C)C. The lowest BCUT2D eigenvalue weighted by Gasteiger charge is -2.31.